The SMILES string of the molecule is C#CCCCC(=O)OCc1ccccc1.O=C1CCC(N2Cc3c(Br)cccc3C2=O)C(=O)N1.O=C1CCC(N2Cc3c(C#CCCCC(=O)OCc4ccccc4)cccc3C2=O)C(=O)N1. The Kier molecular flexibility index (Phi) is 17.8. The molecule has 2 atom stereocenters. The molecule has 2 fully saturated rings. The Hall–Kier alpha value is -7.36. The normalized spacial score (nSPS) is 16.9. The second kappa shape index (κ2) is 24.2. The summed E-state index contributed by atoms with van der Waals surface area (Å²) in [6, 6.07) is 28.7. The first-order chi connectivity index (χ1) is 32.4. The van der Waals surface area contributed by atoms with E-state index in [0.717, 1.165) is 32.3 Å². The average Bonchev–Trinajstić information content (AvgIpc) is 3.85. The lowest BCUT2D eigenvalue weighted by Gasteiger charge is -2.29. The number of terminal acetylenes is 1. The lowest BCUT2D eigenvalue weighted by Crippen LogP contribution is -2.52. The number of unbranched alkanes of at least 4 members (excludes halogenated alkanes) is 2. The number of carbonyl (C=O) groups is 8. The molecule has 4 aromatic carbocycles. The number of imide groups is 2. The molecule has 4 aliphatic rings. The van der Waals surface area contributed by atoms with Crippen molar-refractivity contribution in [1.29, 1.82) is 0 Å². The van der Waals surface area contributed by atoms with Crippen molar-refractivity contribution in [2.24, 2.45) is 0 Å². The predicted molar refractivity (Wildman–Crippen MR) is 249 cm³/mol. The first-order valence-corrected chi connectivity index (χ1v) is 22.7. The molecule has 2 unspecified atom stereocenters. The fourth-order valence-electron chi connectivity index (χ4n) is 7.68. The van der Waals surface area contributed by atoms with Crippen molar-refractivity contribution in [2.45, 2.75) is 103 Å². The molecule has 15 heteroatoms. The lowest BCUT2D eigenvalue weighted by molar-refractivity contribution is -0.145. The number of halogens is 1. The van der Waals surface area contributed by atoms with Gasteiger partial charge in [0.05, 0.1) is 0 Å². The third-order valence-corrected chi connectivity index (χ3v) is 11.9. The number of amides is 6. The Morgan fingerprint density at radius 2 is 1.10 bits per heavy atom. The Morgan fingerprint density at radius 3 is 1.60 bits per heavy atom. The molecule has 8 rings (SSSR count). The third-order valence-electron chi connectivity index (χ3n) is 11.2. The molecular formula is C52H49BrN4O10. The van der Waals surface area contributed by atoms with Crippen LogP contribution in [0.25, 0.3) is 0 Å². The number of ether oxygens (including phenoxy) is 2. The van der Waals surface area contributed by atoms with E-state index in [-0.39, 0.29) is 73.9 Å². The highest BCUT2D eigenvalue weighted by Crippen LogP contribution is 2.32. The first-order valence-electron chi connectivity index (χ1n) is 21.9. The second-order valence-electron chi connectivity index (χ2n) is 15.9. The highest BCUT2D eigenvalue weighted by atomic mass is 79.9. The average molecular weight is 970 g/mol. The maximum atomic E-state index is 12.9. The zero-order valence-electron chi connectivity index (χ0n) is 36.7. The maximum absolute atomic E-state index is 12.9. The van der Waals surface area contributed by atoms with Crippen LogP contribution in [-0.4, -0.2) is 69.3 Å². The van der Waals surface area contributed by atoms with Crippen LogP contribution in [0.3, 0.4) is 0 Å². The summed E-state index contributed by atoms with van der Waals surface area (Å²) in [5.41, 5.74) is 5.55. The molecule has 0 aromatic heterocycles. The van der Waals surface area contributed by atoms with Gasteiger partial charge in [-0.3, -0.25) is 49.0 Å². The number of nitrogens with zero attached hydrogens (tertiary/aromatic N) is 2. The summed E-state index contributed by atoms with van der Waals surface area (Å²) in [4.78, 5) is 97.9. The van der Waals surface area contributed by atoms with E-state index in [1.165, 1.54) is 9.80 Å². The Balaban J connectivity index is 0.000000184. The van der Waals surface area contributed by atoms with Crippen LogP contribution < -0.4 is 10.6 Å². The van der Waals surface area contributed by atoms with E-state index >= 15 is 0 Å². The minimum absolute atomic E-state index is 0.147. The minimum Gasteiger partial charge on any atom is -0.461 e. The Morgan fingerprint density at radius 1 is 0.627 bits per heavy atom. The van der Waals surface area contributed by atoms with Gasteiger partial charge in [0, 0.05) is 72.8 Å². The zero-order valence-corrected chi connectivity index (χ0v) is 38.3. The lowest BCUT2D eigenvalue weighted by atomic mass is 10.0. The van der Waals surface area contributed by atoms with Gasteiger partial charge in [-0.2, -0.15) is 0 Å². The smallest absolute Gasteiger partial charge is 0.306 e. The molecule has 4 heterocycles. The number of benzene rings is 4. The van der Waals surface area contributed by atoms with Crippen molar-refractivity contribution in [2.75, 3.05) is 0 Å². The third kappa shape index (κ3) is 13.6. The highest BCUT2D eigenvalue weighted by molar-refractivity contribution is 9.10. The summed E-state index contributed by atoms with van der Waals surface area (Å²) in [6.07, 6.45) is 9.40. The van der Waals surface area contributed by atoms with Crippen LogP contribution in [0.2, 0.25) is 0 Å². The van der Waals surface area contributed by atoms with Crippen molar-refractivity contribution >= 4 is 63.3 Å². The van der Waals surface area contributed by atoms with Crippen LogP contribution in [0.5, 0.6) is 0 Å². The number of esters is 2. The van der Waals surface area contributed by atoms with Crippen LogP contribution >= 0.6 is 15.9 Å². The number of fused-ring (bicyclic) bond motifs is 2. The number of hydrogen-bond donors (Lipinski definition) is 2. The van der Waals surface area contributed by atoms with Gasteiger partial charge in [-0.25, -0.2) is 0 Å². The number of piperidine rings is 2. The zero-order chi connectivity index (χ0) is 47.7. The predicted octanol–water partition coefficient (Wildman–Crippen LogP) is 6.46. The standard InChI is InChI=1S/C26H24N2O5.C13H11BrN2O3.C13H14O2/c29-23-15-14-22(25(31)27-23)28-16-21-19(11-7-12-20(21)26(28)32)10-5-2-6-13-24(30)33-17-18-8-3-1-4-9-18;14-9-3-1-2-7-8(9)6-16(13(7)19)10-4-5-11(17)15-12(10)18;1-2-3-5-10-13(14)15-11-12-8-6-4-7-9-12/h1,3-4,7-9,11-12,22H,2,6,13-17H2,(H,27,29,31);1-3,10H,4-6H2,(H,15,17,18);1,4,6-9H,3,5,10-11H2. The molecule has 0 saturated carbocycles. The maximum Gasteiger partial charge on any atom is 0.306 e. The van der Waals surface area contributed by atoms with Crippen molar-refractivity contribution in [1.82, 2.24) is 20.4 Å². The van der Waals surface area contributed by atoms with E-state index in [0.29, 0.717) is 69.2 Å². The van der Waals surface area contributed by atoms with Crippen molar-refractivity contribution < 1.29 is 47.8 Å². The number of rotatable bonds is 12. The minimum atomic E-state index is -0.648. The molecule has 0 bridgehead atoms. The first kappa shape index (κ1) is 49.1. The van der Waals surface area contributed by atoms with Gasteiger partial charge in [0.15, 0.2) is 0 Å². The largest absolute Gasteiger partial charge is 0.461 e. The van der Waals surface area contributed by atoms with E-state index in [1.54, 1.807) is 24.3 Å². The van der Waals surface area contributed by atoms with Gasteiger partial charge >= 0.3 is 11.9 Å². The van der Waals surface area contributed by atoms with Gasteiger partial charge < -0.3 is 19.3 Å². The molecule has 2 saturated heterocycles. The number of nitrogens with one attached hydrogen (secondary N) is 2. The molecular weight excluding hydrogens is 920 g/mol. The fraction of sp³-hybridized carbons (Fsp3) is 0.308. The van der Waals surface area contributed by atoms with Gasteiger partial charge in [0.1, 0.15) is 25.3 Å². The van der Waals surface area contributed by atoms with Crippen molar-refractivity contribution in [3.8, 4) is 24.2 Å². The van der Waals surface area contributed by atoms with Gasteiger partial charge in [-0.15, -0.1) is 12.3 Å². The summed E-state index contributed by atoms with van der Waals surface area (Å²) in [5.74, 6) is 6.46. The van der Waals surface area contributed by atoms with Gasteiger partial charge in [-0.1, -0.05) is 101 Å². The van der Waals surface area contributed by atoms with E-state index in [9.17, 15) is 38.4 Å². The summed E-state index contributed by atoms with van der Waals surface area (Å²) in [7, 11) is 0. The van der Waals surface area contributed by atoms with Crippen LogP contribution in [-0.2, 0) is 64.5 Å². The summed E-state index contributed by atoms with van der Waals surface area (Å²) < 4.78 is 11.2. The molecule has 4 aliphatic heterocycles. The molecule has 0 radical (unpaired) electrons. The Bertz CT molecular complexity index is 2620. The Labute approximate surface area is 397 Å². The van der Waals surface area contributed by atoms with Crippen LogP contribution in [0, 0.1) is 24.2 Å². The number of hydrogen-bond acceptors (Lipinski definition) is 10. The molecule has 0 aliphatic carbocycles. The monoisotopic (exact) mass is 968 g/mol. The van der Waals surface area contributed by atoms with E-state index in [4.69, 9.17) is 15.9 Å². The van der Waals surface area contributed by atoms with E-state index < -0.39 is 18.0 Å². The summed E-state index contributed by atoms with van der Waals surface area (Å²) in [5, 5.41) is 4.59. The topological polar surface area (TPSA) is 186 Å². The highest BCUT2D eigenvalue weighted by Gasteiger charge is 2.41. The van der Waals surface area contributed by atoms with Gasteiger partial charge in [0.2, 0.25) is 23.6 Å². The van der Waals surface area contributed by atoms with Crippen LogP contribution in [0.4, 0.5) is 0 Å². The summed E-state index contributed by atoms with van der Waals surface area (Å²) in [6.45, 7) is 1.30. The van der Waals surface area contributed by atoms with Crippen LogP contribution in [0.1, 0.15) is 113 Å². The second-order valence-corrected chi connectivity index (χ2v) is 16.8. The molecule has 67 heavy (non-hydrogen) atoms. The van der Waals surface area contributed by atoms with Crippen molar-refractivity contribution in [3.63, 3.8) is 0 Å². The van der Waals surface area contributed by atoms with Gasteiger partial charge in [-0.05, 0) is 72.2 Å². The van der Waals surface area contributed by atoms with Crippen LogP contribution in [0.15, 0.2) is 102 Å². The van der Waals surface area contributed by atoms with Gasteiger partial charge in [0.25, 0.3) is 11.8 Å². The summed E-state index contributed by atoms with van der Waals surface area (Å²) >= 11 is 3.42. The fourth-order valence-corrected chi connectivity index (χ4v) is 8.18. The molecule has 0 spiro atoms. The van der Waals surface area contributed by atoms with E-state index in [2.05, 4.69) is 44.3 Å². The molecule has 6 amide bonds. The van der Waals surface area contributed by atoms with Crippen molar-refractivity contribution in [3.05, 3.63) is 140 Å². The van der Waals surface area contributed by atoms with E-state index in [1.807, 2.05) is 72.8 Å². The molecule has 14 nitrogen and oxygen atoms in total. The molecule has 4 aromatic rings. The number of carbonyl (C=O) groups excluding carboxylic acids is 8. The molecule has 2 N–H and O–H groups in total. The quantitative estimate of drug-likeness (QED) is 0.0692. The molecule has 344 valence electrons.